The molecular weight excluding hydrogens is 412 g/mol. The first-order valence-electron chi connectivity index (χ1n) is 10.9. The quantitative estimate of drug-likeness (QED) is 0.607. The summed E-state index contributed by atoms with van der Waals surface area (Å²) in [7, 11) is -1.61. The first-order chi connectivity index (χ1) is 15.0. The van der Waals surface area contributed by atoms with Crippen LogP contribution in [0.3, 0.4) is 0 Å². The molecular formula is C23H28N4O3S. The standard InChI is InChI=1S/C23H28N4O3S/c1-3-25(2)17-9-13-26(14-10-17)20-16-27(19-6-5-12-24-23(19)20)31(28,29)22-8-4-7-21-18(22)11-15-30-21/h4-8,12,16-17H,3,9-11,13-15H2,1-2H3. The first kappa shape index (κ1) is 20.3. The third kappa shape index (κ3) is 3.38. The smallest absolute Gasteiger partial charge is 0.268 e. The lowest BCUT2D eigenvalue weighted by atomic mass is 10.0. The number of pyridine rings is 1. The van der Waals surface area contributed by atoms with E-state index in [4.69, 9.17) is 4.74 Å². The zero-order chi connectivity index (χ0) is 21.6. The number of nitrogens with zero attached hydrogens (tertiary/aromatic N) is 4. The molecule has 0 atom stereocenters. The molecule has 2 aliphatic rings. The maximum Gasteiger partial charge on any atom is 0.268 e. The van der Waals surface area contributed by atoms with Gasteiger partial charge in [0.1, 0.15) is 11.3 Å². The SMILES string of the molecule is CCN(C)C1CCN(c2cn(S(=O)(=O)c3cccc4c3CCO4)c3cccnc23)CC1. The number of fused-ring (bicyclic) bond motifs is 2. The third-order valence-corrected chi connectivity index (χ3v) is 8.43. The van der Waals surface area contributed by atoms with Crippen LogP contribution in [0.15, 0.2) is 47.6 Å². The molecule has 0 radical (unpaired) electrons. The second-order valence-corrected chi connectivity index (χ2v) is 10.1. The third-order valence-electron chi connectivity index (χ3n) is 6.67. The van der Waals surface area contributed by atoms with Gasteiger partial charge in [0.25, 0.3) is 10.0 Å². The first-order valence-corrected chi connectivity index (χ1v) is 12.4. The number of aromatic nitrogens is 2. The van der Waals surface area contributed by atoms with Gasteiger partial charge in [0.05, 0.1) is 22.7 Å². The van der Waals surface area contributed by atoms with Crippen LogP contribution in [0.1, 0.15) is 25.3 Å². The van der Waals surface area contributed by atoms with Gasteiger partial charge >= 0.3 is 0 Å². The molecule has 0 saturated carbocycles. The Kier molecular flexibility index (Phi) is 5.14. The predicted molar refractivity (Wildman–Crippen MR) is 121 cm³/mol. The number of rotatable bonds is 5. The molecule has 31 heavy (non-hydrogen) atoms. The number of ether oxygens (including phenoxy) is 1. The van der Waals surface area contributed by atoms with Crippen LogP contribution in [0, 0.1) is 0 Å². The summed E-state index contributed by atoms with van der Waals surface area (Å²) in [5.74, 6) is 0.665. The van der Waals surface area contributed by atoms with Crippen molar-refractivity contribution >= 4 is 26.7 Å². The van der Waals surface area contributed by atoms with Gasteiger partial charge in [0.15, 0.2) is 0 Å². The van der Waals surface area contributed by atoms with Gasteiger partial charge in [-0.25, -0.2) is 12.4 Å². The number of piperidine rings is 1. The summed E-state index contributed by atoms with van der Waals surface area (Å²) in [5.41, 5.74) is 3.00. The van der Waals surface area contributed by atoms with Crippen molar-refractivity contribution in [2.45, 2.75) is 37.1 Å². The highest BCUT2D eigenvalue weighted by molar-refractivity contribution is 7.90. The highest BCUT2D eigenvalue weighted by atomic mass is 32.2. The maximum absolute atomic E-state index is 13.7. The zero-order valence-electron chi connectivity index (χ0n) is 18.0. The van der Waals surface area contributed by atoms with Crippen molar-refractivity contribution in [3.8, 4) is 5.75 Å². The van der Waals surface area contributed by atoms with Crippen molar-refractivity contribution in [1.29, 1.82) is 0 Å². The molecule has 2 aromatic heterocycles. The summed E-state index contributed by atoms with van der Waals surface area (Å²) in [6.07, 6.45) is 6.20. The molecule has 0 bridgehead atoms. The molecule has 8 heteroatoms. The molecule has 2 aliphatic heterocycles. The lowest BCUT2D eigenvalue weighted by Crippen LogP contribution is -2.43. The van der Waals surface area contributed by atoms with Crippen LogP contribution < -0.4 is 9.64 Å². The van der Waals surface area contributed by atoms with E-state index in [1.807, 2.05) is 12.1 Å². The molecule has 0 spiro atoms. The molecule has 3 aromatic rings. The number of benzene rings is 1. The van der Waals surface area contributed by atoms with E-state index in [9.17, 15) is 8.42 Å². The summed E-state index contributed by atoms with van der Waals surface area (Å²) in [6.45, 7) is 5.51. The Morgan fingerprint density at radius 1 is 1.19 bits per heavy atom. The van der Waals surface area contributed by atoms with Crippen LogP contribution in [-0.4, -0.2) is 61.6 Å². The summed E-state index contributed by atoms with van der Waals surface area (Å²) < 4.78 is 34.5. The second-order valence-electron chi connectivity index (χ2n) is 8.31. The molecule has 7 nitrogen and oxygen atoms in total. The fraction of sp³-hybridized carbons (Fsp3) is 0.435. The van der Waals surface area contributed by atoms with E-state index in [2.05, 4.69) is 28.8 Å². The van der Waals surface area contributed by atoms with Crippen molar-refractivity contribution in [3.05, 3.63) is 48.3 Å². The Hall–Kier alpha value is -2.58. The van der Waals surface area contributed by atoms with E-state index in [0.717, 1.165) is 49.2 Å². The Morgan fingerprint density at radius 2 is 2.00 bits per heavy atom. The molecule has 1 aromatic carbocycles. The van der Waals surface area contributed by atoms with Gasteiger partial charge in [-0.1, -0.05) is 13.0 Å². The number of hydrogen-bond donors (Lipinski definition) is 0. The van der Waals surface area contributed by atoms with Crippen LogP contribution in [-0.2, 0) is 16.4 Å². The zero-order valence-corrected chi connectivity index (χ0v) is 18.8. The van der Waals surface area contributed by atoms with E-state index in [1.54, 1.807) is 30.6 Å². The Bertz CT molecular complexity index is 1210. The van der Waals surface area contributed by atoms with Gasteiger partial charge in [0.2, 0.25) is 0 Å². The van der Waals surface area contributed by atoms with Crippen molar-refractivity contribution < 1.29 is 13.2 Å². The van der Waals surface area contributed by atoms with Crippen LogP contribution >= 0.6 is 0 Å². The largest absolute Gasteiger partial charge is 0.493 e. The van der Waals surface area contributed by atoms with E-state index in [0.29, 0.717) is 35.2 Å². The molecule has 1 fully saturated rings. The van der Waals surface area contributed by atoms with E-state index in [1.165, 1.54) is 3.97 Å². The molecule has 5 rings (SSSR count). The Balaban J connectivity index is 1.56. The fourth-order valence-corrected chi connectivity index (χ4v) is 6.41. The van der Waals surface area contributed by atoms with E-state index < -0.39 is 10.0 Å². The minimum absolute atomic E-state index is 0.318. The van der Waals surface area contributed by atoms with Crippen LogP contribution in [0.5, 0.6) is 5.75 Å². The van der Waals surface area contributed by atoms with Crippen LogP contribution in [0.4, 0.5) is 5.69 Å². The van der Waals surface area contributed by atoms with Crippen molar-refractivity contribution in [1.82, 2.24) is 13.9 Å². The summed E-state index contributed by atoms with van der Waals surface area (Å²) in [5, 5.41) is 0. The highest BCUT2D eigenvalue weighted by Crippen LogP contribution is 2.36. The molecule has 0 amide bonds. The molecule has 4 heterocycles. The van der Waals surface area contributed by atoms with Crippen molar-refractivity contribution in [2.75, 3.05) is 38.2 Å². The Labute approximate surface area is 183 Å². The van der Waals surface area contributed by atoms with Gasteiger partial charge in [0, 0.05) is 43.5 Å². The molecule has 0 N–H and O–H groups in total. The average Bonchev–Trinajstić information content (AvgIpc) is 3.43. The van der Waals surface area contributed by atoms with Crippen molar-refractivity contribution in [3.63, 3.8) is 0 Å². The summed E-state index contributed by atoms with van der Waals surface area (Å²) in [4.78, 5) is 9.55. The lowest BCUT2D eigenvalue weighted by molar-refractivity contribution is 0.218. The number of anilines is 1. The molecule has 0 unspecified atom stereocenters. The average molecular weight is 441 g/mol. The highest BCUT2D eigenvalue weighted by Gasteiger charge is 2.30. The van der Waals surface area contributed by atoms with Gasteiger partial charge < -0.3 is 14.5 Å². The van der Waals surface area contributed by atoms with Gasteiger partial charge in [-0.3, -0.25) is 4.98 Å². The van der Waals surface area contributed by atoms with E-state index in [-0.39, 0.29) is 0 Å². The number of hydrogen-bond acceptors (Lipinski definition) is 6. The van der Waals surface area contributed by atoms with E-state index >= 15 is 0 Å². The van der Waals surface area contributed by atoms with Crippen molar-refractivity contribution in [2.24, 2.45) is 0 Å². The minimum atomic E-state index is -3.78. The predicted octanol–water partition coefficient (Wildman–Crippen LogP) is 3.13. The van der Waals surface area contributed by atoms with Gasteiger partial charge in [-0.15, -0.1) is 0 Å². The molecule has 1 saturated heterocycles. The normalized spacial score (nSPS) is 17.3. The molecule has 164 valence electrons. The minimum Gasteiger partial charge on any atom is -0.493 e. The Morgan fingerprint density at radius 3 is 2.77 bits per heavy atom. The summed E-state index contributed by atoms with van der Waals surface area (Å²) >= 11 is 0. The topological polar surface area (TPSA) is 67.7 Å². The molecule has 0 aliphatic carbocycles. The van der Waals surface area contributed by atoms with Crippen LogP contribution in [0.25, 0.3) is 11.0 Å². The van der Waals surface area contributed by atoms with Crippen LogP contribution in [0.2, 0.25) is 0 Å². The van der Waals surface area contributed by atoms with Gasteiger partial charge in [-0.05, 0) is 50.7 Å². The monoisotopic (exact) mass is 440 g/mol. The fourth-order valence-electron chi connectivity index (χ4n) is 4.79. The second kappa shape index (κ2) is 7.84. The van der Waals surface area contributed by atoms with Gasteiger partial charge in [-0.2, -0.15) is 0 Å². The maximum atomic E-state index is 13.7. The lowest BCUT2D eigenvalue weighted by Gasteiger charge is -2.37. The summed E-state index contributed by atoms with van der Waals surface area (Å²) in [6, 6.07) is 9.45.